The molecule has 10 nitrogen and oxygen atoms in total. The van der Waals surface area contributed by atoms with Crippen LogP contribution < -0.4 is 5.32 Å². The minimum absolute atomic E-state index is 0.0299. The maximum atomic E-state index is 13.3. The number of nitro benzene ring substituents is 1. The standard InChI is InChI=1S/C18H18FN3O7/c1-4-28-18(25)16-9(2)15(10(3)20-16)17(24)29-8-14(23)21-11-5-6-12(19)13(7-11)22(26)27/h5-7,20H,4,8H2,1-3H3,(H,21,23). The fraction of sp³-hybridized carbons (Fsp3) is 0.278. The fourth-order valence-electron chi connectivity index (χ4n) is 2.59. The van der Waals surface area contributed by atoms with Crippen molar-refractivity contribution >= 4 is 29.2 Å². The Morgan fingerprint density at radius 2 is 1.90 bits per heavy atom. The lowest BCUT2D eigenvalue weighted by Crippen LogP contribution is -2.21. The topological polar surface area (TPSA) is 141 Å². The number of ether oxygens (including phenoxy) is 2. The van der Waals surface area contributed by atoms with Gasteiger partial charge < -0.3 is 19.8 Å². The first kappa shape index (κ1) is 21.5. The van der Waals surface area contributed by atoms with Crippen LogP contribution in [0.3, 0.4) is 0 Å². The Bertz CT molecular complexity index is 984. The number of carbonyl (C=O) groups is 3. The molecule has 2 rings (SSSR count). The van der Waals surface area contributed by atoms with Crippen LogP contribution in [0.4, 0.5) is 15.8 Å². The third-order valence-electron chi connectivity index (χ3n) is 3.88. The summed E-state index contributed by atoms with van der Waals surface area (Å²) in [6, 6.07) is 2.82. The molecule has 11 heteroatoms. The smallest absolute Gasteiger partial charge is 0.355 e. The molecule has 1 aromatic heterocycles. The summed E-state index contributed by atoms with van der Waals surface area (Å²) in [4.78, 5) is 48.7. The number of benzene rings is 1. The van der Waals surface area contributed by atoms with Crippen molar-refractivity contribution in [2.75, 3.05) is 18.5 Å². The highest BCUT2D eigenvalue weighted by Crippen LogP contribution is 2.22. The van der Waals surface area contributed by atoms with Crippen LogP contribution in [0.1, 0.15) is 39.0 Å². The van der Waals surface area contributed by atoms with Crippen LogP contribution in [-0.2, 0) is 14.3 Å². The zero-order chi connectivity index (χ0) is 21.7. The maximum absolute atomic E-state index is 13.3. The lowest BCUT2D eigenvalue weighted by atomic mass is 10.1. The molecule has 0 radical (unpaired) electrons. The van der Waals surface area contributed by atoms with E-state index in [9.17, 15) is 28.9 Å². The Kier molecular flexibility index (Phi) is 6.65. The molecule has 2 N–H and O–H groups in total. The van der Waals surface area contributed by atoms with Crippen molar-refractivity contribution in [1.29, 1.82) is 0 Å². The molecule has 1 aromatic carbocycles. The van der Waals surface area contributed by atoms with Gasteiger partial charge in [0.25, 0.3) is 5.91 Å². The van der Waals surface area contributed by atoms with Gasteiger partial charge in [-0.05, 0) is 38.5 Å². The molecule has 0 atom stereocenters. The Morgan fingerprint density at radius 1 is 1.21 bits per heavy atom. The summed E-state index contributed by atoms with van der Waals surface area (Å²) in [5, 5.41) is 13.0. The van der Waals surface area contributed by atoms with Crippen molar-refractivity contribution in [3.8, 4) is 0 Å². The van der Waals surface area contributed by atoms with Gasteiger partial charge >= 0.3 is 17.6 Å². The third-order valence-corrected chi connectivity index (χ3v) is 3.88. The van der Waals surface area contributed by atoms with Crippen molar-refractivity contribution in [2.24, 2.45) is 0 Å². The number of aromatic amines is 1. The van der Waals surface area contributed by atoms with Gasteiger partial charge in [-0.2, -0.15) is 4.39 Å². The number of amides is 1. The lowest BCUT2D eigenvalue weighted by Gasteiger charge is -2.07. The van der Waals surface area contributed by atoms with Gasteiger partial charge in [0.15, 0.2) is 6.61 Å². The van der Waals surface area contributed by atoms with Crippen LogP contribution >= 0.6 is 0 Å². The molecule has 2 aromatic rings. The average Bonchev–Trinajstić information content (AvgIpc) is 2.95. The molecule has 0 aliphatic heterocycles. The molecule has 0 saturated heterocycles. The van der Waals surface area contributed by atoms with Gasteiger partial charge in [0.2, 0.25) is 5.82 Å². The minimum Gasteiger partial charge on any atom is -0.461 e. The number of anilines is 1. The second-order valence-corrected chi connectivity index (χ2v) is 5.89. The molecular formula is C18H18FN3O7. The number of esters is 2. The zero-order valence-corrected chi connectivity index (χ0v) is 15.8. The number of H-pyrrole nitrogens is 1. The normalized spacial score (nSPS) is 10.3. The quantitative estimate of drug-likeness (QED) is 0.408. The molecular weight excluding hydrogens is 389 g/mol. The SMILES string of the molecule is CCOC(=O)c1[nH]c(C)c(C(=O)OCC(=O)Nc2ccc(F)c([N+](=O)[O-])c2)c1C. The van der Waals surface area contributed by atoms with E-state index in [1.54, 1.807) is 13.8 Å². The van der Waals surface area contributed by atoms with Crippen molar-refractivity contribution in [1.82, 2.24) is 4.98 Å². The summed E-state index contributed by atoms with van der Waals surface area (Å²) in [6.45, 7) is 4.21. The number of rotatable bonds is 7. The van der Waals surface area contributed by atoms with E-state index in [1.165, 1.54) is 6.92 Å². The highest BCUT2D eigenvalue weighted by atomic mass is 19.1. The molecule has 154 valence electrons. The molecule has 0 fully saturated rings. The first-order valence-electron chi connectivity index (χ1n) is 8.42. The van der Waals surface area contributed by atoms with E-state index >= 15 is 0 Å². The van der Waals surface area contributed by atoms with Crippen molar-refractivity contribution in [3.05, 3.63) is 56.6 Å². The first-order valence-corrected chi connectivity index (χ1v) is 8.42. The largest absolute Gasteiger partial charge is 0.461 e. The number of aromatic nitrogens is 1. The van der Waals surface area contributed by atoms with Gasteiger partial charge in [0.05, 0.1) is 17.1 Å². The van der Waals surface area contributed by atoms with E-state index in [2.05, 4.69) is 10.3 Å². The summed E-state index contributed by atoms with van der Waals surface area (Å²) in [7, 11) is 0. The molecule has 0 aliphatic carbocycles. The van der Waals surface area contributed by atoms with Crippen molar-refractivity contribution in [2.45, 2.75) is 20.8 Å². The average molecular weight is 407 g/mol. The minimum atomic E-state index is -1.05. The Balaban J connectivity index is 2.04. The fourth-order valence-corrected chi connectivity index (χ4v) is 2.59. The predicted molar refractivity (Wildman–Crippen MR) is 98.2 cm³/mol. The van der Waals surface area contributed by atoms with E-state index in [0.717, 1.165) is 18.2 Å². The maximum Gasteiger partial charge on any atom is 0.355 e. The highest BCUT2D eigenvalue weighted by Gasteiger charge is 2.24. The molecule has 0 aliphatic rings. The monoisotopic (exact) mass is 407 g/mol. The van der Waals surface area contributed by atoms with E-state index < -0.39 is 40.9 Å². The van der Waals surface area contributed by atoms with E-state index in [-0.39, 0.29) is 23.6 Å². The van der Waals surface area contributed by atoms with E-state index in [1.807, 2.05) is 0 Å². The zero-order valence-electron chi connectivity index (χ0n) is 15.8. The Labute approximate surface area is 164 Å². The molecule has 29 heavy (non-hydrogen) atoms. The van der Waals surface area contributed by atoms with Gasteiger partial charge in [0.1, 0.15) is 5.69 Å². The van der Waals surface area contributed by atoms with E-state index in [4.69, 9.17) is 9.47 Å². The van der Waals surface area contributed by atoms with Gasteiger partial charge in [0, 0.05) is 17.4 Å². The highest BCUT2D eigenvalue weighted by molar-refractivity contribution is 6.00. The van der Waals surface area contributed by atoms with Gasteiger partial charge in [-0.1, -0.05) is 0 Å². The van der Waals surface area contributed by atoms with Crippen LogP contribution in [0.25, 0.3) is 0 Å². The van der Waals surface area contributed by atoms with Crippen LogP contribution in [-0.4, -0.2) is 41.0 Å². The number of halogens is 1. The molecule has 0 unspecified atom stereocenters. The van der Waals surface area contributed by atoms with E-state index in [0.29, 0.717) is 11.3 Å². The first-order chi connectivity index (χ1) is 13.6. The number of carbonyl (C=O) groups excluding carboxylic acids is 3. The molecule has 0 bridgehead atoms. The van der Waals surface area contributed by atoms with Gasteiger partial charge in [-0.25, -0.2) is 9.59 Å². The number of nitrogens with zero attached hydrogens (tertiary/aromatic N) is 1. The summed E-state index contributed by atoms with van der Waals surface area (Å²) >= 11 is 0. The molecule has 1 amide bonds. The number of aryl methyl sites for hydroxylation is 1. The number of hydrogen-bond acceptors (Lipinski definition) is 7. The van der Waals surface area contributed by atoms with Crippen LogP contribution in [0, 0.1) is 29.8 Å². The number of hydrogen-bond donors (Lipinski definition) is 2. The van der Waals surface area contributed by atoms with Crippen LogP contribution in [0.2, 0.25) is 0 Å². The summed E-state index contributed by atoms with van der Waals surface area (Å²) in [5.74, 6) is -3.29. The molecule has 0 saturated carbocycles. The molecule has 0 spiro atoms. The van der Waals surface area contributed by atoms with Crippen LogP contribution in [0.15, 0.2) is 18.2 Å². The number of nitrogens with one attached hydrogen (secondary N) is 2. The van der Waals surface area contributed by atoms with Crippen molar-refractivity contribution < 1.29 is 33.2 Å². The van der Waals surface area contributed by atoms with Crippen LogP contribution in [0.5, 0.6) is 0 Å². The second-order valence-electron chi connectivity index (χ2n) is 5.89. The summed E-state index contributed by atoms with van der Waals surface area (Å²) in [5.41, 5.74) is 0.0610. The second kappa shape index (κ2) is 8.95. The van der Waals surface area contributed by atoms with Gasteiger partial charge in [-0.15, -0.1) is 0 Å². The third kappa shape index (κ3) is 4.94. The van der Waals surface area contributed by atoms with Gasteiger partial charge in [-0.3, -0.25) is 14.9 Å². The number of nitro groups is 1. The predicted octanol–water partition coefficient (Wildman–Crippen LogP) is 2.65. The summed E-state index contributed by atoms with van der Waals surface area (Å²) in [6.07, 6.45) is 0. The van der Waals surface area contributed by atoms with Crippen molar-refractivity contribution in [3.63, 3.8) is 0 Å². The Hall–Kier alpha value is -3.76. The molecule has 1 heterocycles. The summed E-state index contributed by atoms with van der Waals surface area (Å²) < 4.78 is 23.2. The Morgan fingerprint density at radius 3 is 2.52 bits per heavy atom. The lowest BCUT2D eigenvalue weighted by molar-refractivity contribution is -0.387.